The van der Waals surface area contributed by atoms with Crippen LogP contribution in [0.5, 0.6) is 0 Å². The van der Waals surface area contributed by atoms with E-state index in [0.717, 1.165) is 18.7 Å². The molecular formula is C16H21N5O. The van der Waals surface area contributed by atoms with Crippen LogP contribution >= 0.6 is 0 Å². The van der Waals surface area contributed by atoms with Crippen molar-refractivity contribution >= 4 is 17.5 Å². The molecule has 1 aromatic heterocycles. The molecule has 0 bridgehead atoms. The summed E-state index contributed by atoms with van der Waals surface area (Å²) in [7, 11) is 4.02. The topological polar surface area (TPSA) is 70.2 Å². The summed E-state index contributed by atoms with van der Waals surface area (Å²) in [5.41, 5.74) is 1.56. The van der Waals surface area contributed by atoms with Crippen molar-refractivity contribution < 1.29 is 4.79 Å². The summed E-state index contributed by atoms with van der Waals surface area (Å²) < 4.78 is 0. The number of aromatic nitrogens is 2. The molecule has 0 saturated heterocycles. The third-order valence-corrected chi connectivity index (χ3v) is 3.16. The van der Waals surface area contributed by atoms with E-state index in [2.05, 4.69) is 25.7 Å². The first-order valence-electron chi connectivity index (χ1n) is 7.15. The molecule has 116 valence electrons. The number of rotatable bonds is 6. The van der Waals surface area contributed by atoms with Crippen LogP contribution in [-0.2, 0) is 0 Å². The van der Waals surface area contributed by atoms with Gasteiger partial charge in [0.1, 0.15) is 5.82 Å². The average molecular weight is 299 g/mol. The molecule has 0 aliphatic carbocycles. The van der Waals surface area contributed by atoms with Gasteiger partial charge in [0, 0.05) is 18.7 Å². The van der Waals surface area contributed by atoms with Gasteiger partial charge in [0.15, 0.2) is 5.82 Å². The Labute approximate surface area is 130 Å². The lowest BCUT2D eigenvalue weighted by molar-refractivity contribution is 0.102. The van der Waals surface area contributed by atoms with Crippen LogP contribution in [-0.4, -0.2) is 48.2 Å². The first-order chi connectivity index (χ1) is 10.6. The first-order valence-corrected chi connectivity index (χ1v) is 7.15. The van der Waals surface area contributed by atoms with Crippen molar-refractivity contribution in [1.82, 2.24) is 15.1 Å². The molecule has 1 aromatic carbocycles. The molecule has 6 heteroatoms. The molecule has 0 saturated carbocycles. The molecule has 1 amide bonds. The van der Waals surface area contributed by atoms with Crippen LogP contribution in [0.25, 0.3) is 0 Å². The van der Waals surface area contributed by atoms with Crippen LogP contribution in [0.15, 0.2) is 36.4 Å². The number of nitrogens with one attached hydrogen (secondary N) is 2. The van der Waals surface area contributed by atoms with Crippen molar-refractivity contribution in [2.24, 2.45) is 0 Å². The Kier molecular flexibility index (Phi) is 5.43. The van der Waals surface area contributed by atoms with Crippen molar-refractivity contribution in [3.63, 3.8) is 0 Å². The van der Waals surface area contributed by atoms with E-state index in [9.17, 15) is 4.79 Å². The highest BCUT2D eigenvalue weighted by atomic mass is 16.1. The summed E-state index contributed by atoms with van der Waals surface area (Å²) in [4.78, 5) is 14.2. The van der Waals surface area contributed by atoms with E-state index in [1.807, 2.05) is 39.2 Å². The third kappa shape index (κ3) is 4.53. The molecule has 22 heavy (non-hydrogen) atoms. The van der Waals surface area contributed by atoms with Crippen molar-refractivity contribution in [2.45, 2.75) is 6.92 Å². The first kappa shape index (κ1) is 15.9. The summed E-state index contributed by atoms with van der Waals surface area (Å²) >= 11 is 0. The number of anilines is 2. The van der Waals surface area contributed by atoms with Gasteiger partial charge in [-0.15, -0.1) is 10.2 Å². The Hall–Kier alpha value is -2.47. The third-order valence-electron chi connectivity index (χ3n) is 3.16. The minimum absolute atomic E-state index is 0.180. The zero-order chi connectivity index (χ0) is 15.9. The van der Waals surface area contributed by atoms with Crippen LogP contribution in [0, 0.1) is 6.92 Å². The van der Waals surface area contributed by atoms with Crippen molar-refractivity contribution in [3.05, 3.63) is 47.5 Å². The van der Waals surface area contributed by atoms with Gasteiger partial charge >= 0.3 is 0 Å². The number of nitrogens with zero attached hydrogens (tertiary/aromatic N) is 3. The van der Waals surface area contributed by atoms with Gasteiger partial charge in [-0.1, -0.05) is 18.2 Å². The zero-order valence-corrected chi connectivity index (χ0v) is 13.1. The lowest BCUT2D eigenvalue weighted by Crippen LogP contribution is -2.21. The predicted octanol–water partition coefficient (Wildman–Crippen LogP) is 2.01. The zero-order valence-electron chi connectivity index (χ0n) is 13.1. The molecule has 0 aliphatic heterocycles. The highest BCUT2D eigenvalue weighted by Gasteiger charge is 2.09. The van der Waals surface area contributed by atoms with E-state index in [4.69, 9.17) is 0 Å². The van der Waals surface area contributed by atoms with E-state index in [0.29, 0.717) is 17.2 Å². The van der Waals surface area contributed by atoms with Crippen LogP contribution in [0.3, 0.4) is 0 Å². The summed E-state index contributed by atoms with van der Waals surface area (Å²) in [5, 5.41) is 14.0. The van der Waals surface area contributed by atoms with E-state index < -0.39 is 0 Å². The van der Waals surface area contributed by atoms with Gasteiger partial charge in [0.25, 0.3) is 5.91 Å². The Bertz CT molecular complexity index is 625. The molecule has 2 rings (SSSR count). The lowest BCUT2D eigenvalue weighted by Gasteiger charge is -2.11. The molecule has 2 aromatic rings. The number of hydrogen-bond acceptors (Lipinski definition) is 5. The number of likely N-dealkylation sites (N-methyl/N-ethyl adjacent to an activating group) is 1. The average Bonchev–Trinajstić information content (AvgIpc) is 2.49. The summed E-state index contributed by atoms with van der Waals surface area (Å²) in [5.74, 6) is 0.947. The molecule has 1 heterocycles. The normalized spacial score (nSPS) is 10.5. The fourth-order valence-corrected chi connectivity index (χ4v) is 1.91. The minimum Gasteiger partial charge on any atom is -0.367 e. The molecule has 0 aliphatic rings. The second-order valence-electron chi connectivity index (χ2n) is 5.30. The van der Waals surface area contributed by atoms with Crippen molar-refractivity contribution in [2.75, 3.05) is 37.8 Å². The van der Waals surface area contributed by atoms with Crippen LogP contribution in [0.1, 0.15) is 15.9 Å². The Morgan fingerprint density at radius 1 is 1.09 bits per heavy atom. The highest BCUT2D eigenvalue weighted by molar-refractivity contribution is 6.04. The number of carbonyl (C=O) groups excluding carboxylic acids is 1. The fourth-order valence-electron chi connectivity index (χ4n) is 1.91. The fraction of sp³-hybridized carbons (Fsp3) is 0.312. The number of aryl methyl sites for hydroxylation is 1. The Morgan fingerprint density at radius 3 is 2.41 bits per heavy atom. The maximum Gasteiger partial charge on any atom is 0.257 e. The number of carbonyl (C=O) groups is 1. The maximum absolute atomic E-state index is 12.2. The molecule has 6 nitrogen and oxygen atoms in total. The van der Waals surface area contributed by atoms with Gasteiger partial charge in [-0.2, -0.15) is 0 Å². The van der Waals surface area contributed by atoms with Crippen molar-refractivity contribution in [1.29, 1.82) is 0 Å². The van der Waals surface area contributed by atoms with Crippen molar-refractivity contribution in [3.8, 4) is 0 Å². The molecule has 0 atom stereocenters. The summed E-state index contributed by atoms with van der Waals surface area (Å²) in [6, 6.07) is 11.0. The largest absolute Gasteiger partial charge is 0.367 e. The van der Waals surface area contributed by atoms with Gasteiger partial charge in [0.2, 0.25) is 0 Å². The summed E-state index contributed by atoms with van der Waals surface area (Å²) in [6.45, 7) is 3.60. The number of hydrogen-bond donors (Lipinski definition) is 2. The van der Waals surface area contributed by atoms with Gasteiger partial charge < -0.3 is 15.5 Å². The number of benzene rings is 1. The van der Waals surface area contributed by atoms with E-state index in [1.165, 1.54) is 0 Å². The molecule has 0 spiro atoms. The molecule has 2 N–H and O–H groups in total. The monoisotopic (exact) mass is 299 g/mol. The second kappa shape index (κ2) is 7.51. The van der Waals surface area contributed by atoms with Gasteiger partial charge in [-0.25, -0.2) is 0 Å². The quantitative estimate of drug-likeness (QED) is 0.854. The smallest absolute Gasteiger partial charge is 0.257 e. The molecule has 0 radical (unpaired) electrons. The number of amides is 1. The molecular weight excluding hydrogens is 278 g/mol. The Morgan fingerprint density at radius 2 is 1.77 bits per heavy atom. The van der Waals surface area contributed by atoms with E-state index in [-0.39, 0.29) is 5.91 Å². The summed E-state index contributed by atoms with van der Waals surface area (Å²) in [6.07, 6.45) is 0. The minimum atomic E-state index is -0.180. The van der Waals surface area contributed by atoms with E-state index >= 15 is 0 Å². The predicted molar refractivity (Wildman–Crippen MR) is 88.2 cm³/mol. The van der Waals surface area contributed by atoms with Crippen LogP contribution in [0.2, 0.25) is 0 Å². The standard InChI is InChI=1S/C16H21N5O/c1-12-6-4-5-7-13(12)16(22)18-15-9-8-14(19-20-15)17-10-11-21(2)3/h4-9H,10-11H2,1-3H3,(H,17,19)(H,18,20,22). The van der Waals surface area contributed by atoms with Gasteiger partial charge in [-0.3, -0.25) is 4.79 Å². The Balaban J connectivity index is 1.94. The van der Waals surface area contributed by atoms with Crippen LogP contribution < -0.4 is 10.6 Å². The SMILES string of the molecule is Cc1ccccc1C(=O)Nc1ccc(NCCN(C)C)nn1. The second-order valence-corrected chi connectivity index (χ2v) is 5.30. The highest BCUT2D eigenvalue weighted by Crippen LogP contribution is 2.11. The van der Waals surface area contributed by atoms with E-state index in [1.54, 1.807) is 18.2 Å². The van der Waals surface area contributed by atoms with Gasteiger partial charge in [-0.05, 0) is 44.8 Å². The molecule has 0 fully saturated rings. The van der Waals surface area contributed by atoms with Crippen LogP contribution in [0.4, 0.5) is 11.6 Å². The van der Waals surface area contributed by atoms with Gasteiger partial charge in [0.05, 0.1) is 0 Å². The lowest BCUT2D eigenvalue weighted by atomic mass is 10.1. The molecule has 0 unspecified atom stereocenters. The maximum atomic E-state index is 12.2.